The summed E-state index contributed by atoms with van der Waals surface area (Å²) in [5.41, 5.74) is 0. The first-order chi connectivity index (χ1) is 8.11. The number of methoxy groups -OCH3 is 1. The van der Waals surface area contributed by atoms with Crippen LogP contribution >= 0.6 is 0 Å². The number of nitrogens with zero attached hydrogens (tertiary/aromatic N) is 1. The van der Waals surface area contributed by atoms with E-state index in [0.717, 1.165) is 12.3 Å². The van der Waals surface area contributed by atoms with Crippen LogP contribution in [0.5, 0.6) is 0 Å². The first-order valence-corrected chi connectivity index (χ1v) is 6.53. The number of fused-ring (bicyclic) bond motifs is 2. The summed E-state index contributed by atoms with van der Waals surface area (Å²) < 4.78 is 4.87. The van der Waals surface area contributed by atoms with Crippen molar-refractivity contribution in [3.63, 3.8) is 0 Å². The molecule has 0 saturated heterocycles. The summed E-state index contributed by atoms with van der Waals surface area (Å²) in [4.78, 5) is 13.9. The molecule has 4 unspecified atom stereocenters. The van der Waals surface area contributed by atoms with Crippen LogP contribution < -0.4 is 0 Å². The number of hydrogen-bond donors (Lipinski definition) is 1. The largest absolute Gasteiger partial charge is 0.389 e. The average molecular weight is 241 g/mol. The summed E-state index contributed by atoms with van der Waals surface area (Å²) in [5.74, 6) is 1.82. The van der Waals surface area contributed by atoms with Crippen LogP contribution in [-0.2, 0) is 9.53 Å². The van der Waals surface area contributed by atoms with Gasteiger partial charge in [0.25, 0.3) is 0 Å². The number of carbonyl (C=O) groups excluding carboxylic acids is 1. The van der Waals surface area contributed by atoms with Crippen molar-refractivity contribution < 1.29 is 14.6 Å². The van der Waals surface area contributed by atoms with Crippen molar-refractivity contribution >= 4 is 5.91 Å². The lowest BCUT2D eigenvalue weighted by molar-refractivity contribution is -0.137. The number of carbonyl (C=O) groups is 1. The molecule has 2 bridgehead atoms. The van der Waals surface area contributed by atoms with Crippen LogP contribution in [0.4, 0.5) is 0 Å². The van der Waals surface area contributed by atoms with E-state index < -0.39 is 6.10 Å². The Balaban J connectivity index is 1.83. The molecule has 17 heavy (non-hydrogen) atoms. The molecule has 4 atom stereocenters. The standard InChI is InChI=1S/C13H23NO3/c1-14(7-11(15)8-17-2)13(16)12-6-9-3-4-10(12)5-9/h9-12,15H,3-8H2,1-2H3. The molecular formula is C13H23NO3. The molecule has 4 heteroatoms. The van der Waals surface area contributed by atoms with E-state index in [0.29, 0.717) is 12.5 Å². The Morgan fingerprint density at radius 3 is 2.76 bits per heavy atom. The molecule has 98 valence electrons. The second-order valence-corrected chi connectivity index (χ2v) is 5.61. The van der Waals surface area contributed by atoms with Crippen molar-refractivity contribution in [2.24, 2.45) is 17.8 Å². The minimum absolute atomic E-state index is 0.215. The summed E-state index contributed by atoms with van der Waals surface area (Å²) in [6.07, 6.45) is 4.26. The van der Waals surface area contributed by atoms with Crippen molar-refractivity contribution in [2.45, 2.75) is 31.8 Å². The van der Waals surface area contributed by atoms with Crippen LogP contribution in [0.3, 0.4) is 0 Å². The third-order valence-corrected chi connectivity index (χ3v) is 4.28. The fourth-order valence-corrected chi connectivity index (χ4v) is 3.48. The van der Waals surface area contributed by atoms with Crippen molar-refractivity contribution in [2.75, 3.05) is 27.3 Å². The molecule has 0 radical (unpaired) electrons. The Hall–Kier alpha value is -0.610. The average Bonchev–Trinajstić information content (AvgIpc) is 2.89. The van der Waals surface area contributed by atoms with E-state index in [2.05, 4.69) is 0 Å². The maximum Gasteiger partial charge on any atom is 0.225 e. The minimum atomic E-state index is -0.576. The Labute approximate surface area is 103 Å². The number of aliphatic hydroxyl groups excluding tert-OH is 1. The molecule has 2 aliphatic carbocycles. The fourth-order valence-electron chi connectivity index (χ4n) is 3.48. The topological polar surface area (TPSA) is 49.8 Å². The van der Waals surface area contributed by atoms with E-state index >= 15 is 0 Å². The van der Waals surface area contributed by atoms with Gasteiger partial charge in [-0.2, -0.15) is 0 Å². The molecule has 4 nitrogen and oxygen atoms in total. The van der Waals surface area contributed by atoms with Crippen LogP contribution in [0.25, 0.3) is 0 Å². The SMILES string of the molecule is COCC(O)CN(C)C(=O)C1CC2CCC1C2. The van der Waals surface area contributed by atoms with Crippen molar-refractivity contribution in [3.05, 3.63) is 0 Å². The zero-order valence-electron chi connectivity index (χ0n) is 10.8. The van der Waals surface area contributed by atoms with Crippen molar-refractivity contribution in [3.8, 4) is 0 Å². The number of likely N-dealkylation sites (N-methyl/N-ethyl adjacent to an activating group) is 1. The Kier molecular flexibility index (Phi) is 4.05. The second-order valence-electron chi connectivity index (χ2n) is 5.61. The fraction of sp³-hybridized carbons (Fsp3) is 0.923. The summed E-state index contributed by atoms with van der Waals surface area (Å²) in [5, 5.41) is 9.62. The van der Waals surface area contributed by atoms with Crippen molar-refractivity contribution in [1.29, 1.82) is 0 Å². The van der Waals surface area contributed by atoms with Gasteiger partial charge < -0.3 is 14.7 Å². The van der Waals surface area contributed by atoms with Gasteiger partial charge in [0.1, 0.15) is 0 Å². The second kappa shape index (κ2) is 5.36. The van der Waals surface area contributed by atoms with E-state index in [1.165, 1.54) is 19.3 Å². The number of ether oxygens (including phenoxy) is 1. The highest BCUT2D eigenvalue weighted by molar-refractivity contribution is 5.79. The normalized spacial score (nSPS) is 32.8. The first-order valence-electron chi connectivity index (χ1n) is 6.53. The Bertz CT molecular complexity index is 282. The molecule has 0 aromatic carbocycles. The van der Waals surface area contributed by atoms with Crippen LogP contribution in [0.1, 0.15) is 25.7 Å². The monoisotopic (exact) mass is 241 g/mol. The van der Waals surface area contributed by atoms with Gasteiger partial charge in [0.15, 0.2) is 0 Å². The van der Waals surface area contributed by atoms with Crippen molar-refractivity contribution in [1.82, 2.24) is 4.90 Å². The quantitative estimate of drug-likeness (QED) is 0.777. The lowest BCUT2D eigenvalue weighted by atomic mass is 9.88. The lowest BCUT2D eigenvalue weighted by Gasteiger charge is -2.27. The molecule has 2 rings (SSSR count). The molecule has 2 saturated carbocycles. The van der Waals surface area contributed by atoms with Gasteiger partial charge in [0.05, 0.1) is 12.7 Å². The van der Waals surface area contributed by atoms with E-state index in [4.69, 9.17) is 4.74 Å². The molecule has 0 heterocycles. The van der Waals surface area contributed by atoms with Gasteiger partial charge in [-0.3, -0.25) is 4.79 Å². The van der Waals surface area contributed by atoms with Crippen LogP contribution in [0.15, 0.2) is 0 Å². The zero-order valence-corrected chi connectivity index (χ0v) is 10.8. The number of hydrogen-bond acceptors (Lipinski definition) is 3. The van der Waals surface area contributed by atoms with E-state index in [-0.39, 0.29) is 18.4 Å². The van der Waals surface area contributed by atoms with Crippen LogP contribution in [0.2, 0.25) is 0 Å². The third-order valence-electron chi connectivity index (χ3n) is 4.28. The first kappa shape index (κ1) is 12.8. The summed E-state index contributed by atoms with van der Waals surface area (Å²) >= 11 is 0. The summed E-state index contributed by atoms with van der Waals surface area (Å²) in [7, 11) is 3.34. The lowest BCUT2D eigenvalue weighted by Crippen LogP contribution is -2.40. The van der Waals surface area contributed by atoms with Gasteiger partial charge in [0.2, 0.25) is 5.91 Å². The van der Waals surface area contributed by atoms with E-state index in [1.807, 2.05) is 0 Å². The molecule has 1 amide bonds. The van der Waals surface area contributed by atoms with Gasteiger partial charge >= 0.3 is 0 Å². The highest BCUT2D eigenvalue weighted by Gasteiger charge is 2.43. The predicted octanol–water partition coefficient (Wildman–Crippen LogP) is 0.888. The maximum atomic E-state index is 12.2. The van der Waals surface area contributed by atoms with E-state index in [1.54, 1.807) is 19.1 Å². The number of aliphatic hydroxyl groups is 1. The molecule has 0 aromatic heterocycles. The molecular weight excluding hydrogens is 218 g/mol. The molecule has 0 spiro atoms. The maximum absolute atomic E-state index is 12.2. The third kappa shape index (κ3) is 2.80. The number of rotatable bonds is 5. The predicted molar refractivity (Wildman–Crippen MR) is 64.5 cm³/mol. The molecule has 2 aliphatic rings. The van der Waals surface area contributed by atoms with Gasteiger partial charge in [0, 0.05) is 26.6 Å². The zero-order chi connectivity index (χ0) is 12.4. The van der Waals surface area contributed by atoms with Gasteiger partial charge in [-0.15, -0.1) is 0 Å². The van der Waals surface area contributed by atoms with Gasteiger partial charge in [-0.05, 0) is 31.1 Å². The Morgan fingerprint density at radius 2 is 2.24 bits per heavy atom. The Morgan fingerprint density at radius 1 is 1.47 bits per heavy atom. The summed E-state index contributed by atoms with van der Waals surface area (Å²) in [6.45, 7) is 0.662. The van der Waals surface area contributed by atoms with Gasteiger partial charge in [-0.25, -0.2) is 0 Å². The molecule has 2 fully saturated rings. The summed E-state index contributed by atoms with van der Waals surface area (Å²) in [6, 6.07) is 0. The van der Waals surface area contributed by atoms with Crippen LogP contribution in [-0.4, -0.2) is 49.3 Å². The molecule has 1 N–H and O–H groups in total. The van der Waals surface area contributed by atoms with Crippen LogP contribution in [0, 0.1) is 17.8 Å². The highest BCUT2D eigenvalue weighted by Crippen LogP contribution is 2.48. The van der Waals surface area contributed by atoms with E-state index in [9.17, 15) is 9.90 Å². The smallest absolute Gasteiger partial charge is 0.225 e. The molecule has 0 aromatic rings. The number of amides is 1. The molecule has 0 aliphatic heterocycles. The van der Waals surface area contributed by atoms with Gasteiger partial charge in [-0.1, -0.05) is 6.42 Å². The highest BCUT2D eigenvalue weighted by atomic mass is 16.5. The minimum Gasteiger partial charge on any atom is -0.389 e.